The molecule has 0 aromatic heterocycles. The van der Waals surface area contributed by atoms with Gasteiger partial charge in [-0.3, -0.25) is 0 Å². The van der Waals surface area contributed by atoms with E-state index in [1.165, 1.54) is 19.3 Å². The molecule has 0 saturated heterocycles. The van der Waals surface area contributed by atoms with Crippen molar-refractivity contribution in [3.63, 3.8) is 0 Å². The standard InChI is InChI=1S/C15H28O2/c1-6-9-10-11-12-15(7-2,8-3)17-14(16)13(4)5/h4,6-12H2,1-3,5H3. The highest BCUT2D eigenvalue weighted by atomic mass is 16.6. The molecule has 0 aliphatic carbocycles. The van der Waals surface area contributed by atoms with Crippen LogP contribution in [-0.2, 0) is 9.53 Å². The fourth-order valence-electron chi connectivity index (χ4n) is 1.96. The lowest BCUT2D eigenvalue weighted by molar-refractivity contribution is -0.156. The zero-order chi connectivity index (χ0) is 13.3. The van der Waals surface area contributed by atoms with Gasteiger partial charge in [0.05, 0.1) is 0 Å². The van der Waals surface area contributed by atoms with Crippen LogP contribution in [0.1, 0.15) is 72.6 Å². The Morgan fingerprint density at radius 3 is 2.12 bits per heavy atom. The molecule has 0 heterocycles. The first-order valence-corrected chi connectivity index (χ1v) is 6.90. The van der Waals surface area contributed by atoms with Crippen molar-refractivity contribution in [3.05, 3.63) is 12.2 Å². The molecular weight excluding hydrogens is 212 g/mol. The summed E-state index contributed by atoms with van der Waals surface area (Å²) in [7, 11) is 0. The summed E-state index contributed by atoms with van der Waals surface area (Å²) in [6.07, 6.45) is 7.60. The van der Waals surface area contributed by atoms with Gasteiger partial charge >= 0.3 is 5.97 Å². The van der Waals surface area contributed by atoms with E-state index in [0.29, 0.717) is 5.57 Å². The average molecular weight is 240 g/mol. The quantitative estimate of drug-likeness (QED) is 0.333. The number of hydrogen-bond donors (Lipinski definition) is 0. The molecule has 0 N–H and O–H groups in total. The second kappa shape index (κ2) is 8.32. The molecule has 0 atom stereocenters. The number of esters is 1. The second-order valence-corrected chi connectivity index (χ2v) is 4.87. The molecule has 0 aromatic rings. The van der Waals surface area contributed by atoms with Gasteiger partial charge in [0.1, 0.15) is 5.60 Å². The third kappa shape index (κ3) is 5.90. The number of carbonyl (C=O) groups excluding carboxylic acids is 1. The van der Waals surface area contributed by atoms with E-state index in [4.69, 9.17) is 4.74 Å². The van der Waals surface area contributed by atoms with Crippen molar-refractivity contribution in [2.75, 3.05) is 0 Å². The van der Waals surface area contributed by atoms with E-state index in [1.807, 2.05) is 0 Å². The molecule has 0 rings (SSSR count). The first-order chi connectivity index (χ1) is 8.01. The third-order valence-electron chi connectivity index (χ3n) is 3.43. The Labute approximate surface area is 106 Å². The van der Waals surface area contributed by atoms with Crippen molar-refractivity contribution in [1.29, 1.82) is 0 Å². The summed E-state index contributed by atoms with van der Waals surface area (Å²) in [6, 6.07) is 0. The van der Waals surface area contributed by atoms with Crippen molar-refractivity contribution in [2.45, 2.75) is 78.2 Å². The van der Waals surface area contributed by atoms with Crippen molar-refractivity contribution in [1.82, 2.24) is 0 Å². The number of unbranched alkanes of at least 4 members (excludes halogenated alkanes) is 3. The van der Waals surface area contributed by atoms with Crippen LogP contribution < -0.4 is 0 Å². The minimum Gasteiger partial charge on any atom is -0.456 e. The Balaban J connectivity index is 4.34. The molecule has 0 saturated carbocycles. The average Bonchev–Trinajstić information content (AvgIpc) is 2.33. The van der Waals surface area contributed by atoms with Gasteiger partial charge in [-0.2, -0.15) is 0 Å². The van der Waals surface area contributed by atoms with Gasteiger partial charge in [-0.15, -0.1) is 0 Å². The van der Waals surface area contributed by atoms with Gasteiger partial charge in [0.2, 0.25) is 0 Å². The molecule has 0 unspecified atom stereocenters. The van der Waals surface area contributed by atoms with Crippen LogP contribution in [0.25, 0.3) is 0 Å². The zero-order valence-electron chi connectivity index (χ0n) is 12.0. The predicted molar refractivity (Wildman–Crippen MR) is 73.0 cm³/mol. The van der Waals surface area contributed by atoms with E-state index in [2.05, 4.69) is 27.4 Å². The highest BCUT2D eigenvalue weighted by Gasteiger charge is 2.30. The van der Waals surface area contributed by atoms with Gasteiger partial charge in [-0.05, 0) is 32.6 Å². The predicted octanol–water partition coefficient (Wildman–Crippen LogP) is 4.63. The van der Waals surface area contributed by atoms with Gasteiger partial charge in [0, 0.05) is 5.57 Å². The van der Waals surface area contributed by atoms with Gasteiger partial charge < -0.3 is 4.74 Å². The molecule has 2 nitrogen and oxygen atoms in total. The fraction of sp³-hybridized carbons (Fsp3) is 0.800. The van der Waals surface area contributed by atoms with Gasteiger partial charge in [-0.1, -0.05) is 46.6 Å². The van der Waals surface area contributed by atoms with Crippen molar-refractivity contribution in [3.8, 4) is 0 Å². The van der Waals surface area contributed by atoms with Crippen molar-refractivity contribution in [2.24, 2.45) is 0 Å². The summed E-state index contributed by atoms with van der Waals surface area (Å²) in [5.41, 5.74) is 0.217. The van der Waals surface area contributed by atoms with Crippen LogP contribution in [0.3, 0.4) is 0 Å². The Hall–Kier alpha value is -0.790. The smallest absolute Gasteiger partial charge is 0.333 e. The van der Waals surface area contributed by atoms with E-state index in [-0.39, 0.29) is 11.6 Å². The largest absolute Gasteiger partial charge is 0.456 e. The number of hydrogen-bond acceptors (Lipinski definition) is 2. The molecule has 2 heteroatoms. The van der Waals surface area contributed by atoms with Crippen LogP contribution in [0, 0.1) is 0 Å². The van der Waals surface area contributed by atoms with E-state index in [0.717, 1.165) is 25.7 Å². The van der Waals surface area contributed by atoms with Crippen LogP contribution in [0.15, 0.2) is 12.2 Å². The third-order valence-corrected chi connectivity index (χ3v) is 3.43. The molecule has 0 aliphatic rings. The fourth-order valence-corrected chi connectivity index (χ4v) is 1.96. The minimum absolute atomic E-state index is 0.246. The Morgan fingerprint density at radius 2 is 1.71 bits per heavy atom. The van der Waals surface area contributed by atoms with Crippen LogP contribution in [-0.4, -0.2) is 11.6 Å². The molecule has 0 radical (unpaired) electrons. The van der Waals surface area contributed by atoms with Gasteiger partial charge in [0.25, 0.3) is 0 Å². The molecule has 0 fully saturated rings. The highest BCUT2D eigenvalue weighted by Crippen LogP contribution is 2.28. The summed E-state index contributed by atoms with van der Waals surface area (Å²) in [5, 5.41) is 0. The number of ether oxygens (including phenoxy) is 1. The van der Waals surface area contributed by atoms with Crippen LogP contribution in [0.2, 0.25) is 0 Å². The van der Waals surface area contributed by atoms with Crippen LogP contribution in [0.5, 0.6) is 0 Å². The molecule has 0 bridgehead atoms. The lowest BCUT2D eigenvalue weighted by atomic mass is 9.90. The van der Waals surface area contributed by atoms with Crippen molar-refractivity contribution >= 4 is 5.97 Å². The molecule has 0 spiro atoms. The lowest BCUT2D eigenvalue weighted by Gasteiger charge is -2.31. The summed E-state index contributed by atoms with van der Waals surface area (Å²) >= 11 is 0. The molecule has 17 heavy (non-hydrogen) atoms. The highest BCUT2D eigenvalue weighted by molar-refractivity contribution is 5.87. The van der Waals surface area contributed by atoms with E-state index >= 15 is 0 Å². The lowest BCUT2D eigenvalue weighted by Crippen LogP contribution is -2.34. The molecule has 100 valence electrons. The summed E-state index contributed by atoms with van der Waals surface area (Å²) in [5.74, 6) is -0.246. The SMILES string of the molecule is C=C(C)C(=O)OC(CC)(CC)CCCCCC. The normalized spacial score (nSPS) is 11.3. The Kier molecular flexibility index (Phi) is 7.94. The zero-order valence-corrected chi connectivity index (χ0v) is 12.0. The maximum Gasteiger partial charge on any atom is 0.333 e. The molecular formula is C15H28O2. The van der Waals surface area contributed by atoms with E-state index in [9.17, 15) is 4.79 Å². The van der Waals surface area contributed by atoms with E-state index in [1.54, 1.807) is 6.92 Å². The molecule has 0 aliphatic heterocycles. The minimum atomic E-state index is -0.274. The topological polar surface area (TPSA) is 26.3 Å². The maximum absolute atomic E-state index is 11.6. The Bertz CT molecular complexity index is 239. The first-order valence-electron chi connectivity index (χ1n) is 6.90. The van der Waals surface area contributed by atoms with E-state index < -0.39 is 0 Å². The molecule has 0 aromatic carbocycles. The van der Waals surface area contributed by atoms with Crippen LogP contribution in [0.4, 0.5) is 0 Å². The summed E-state index contributed by atoms with van der Waals surface area (Å²) in [4.78, 5) is 11.6. The Morgan fingerprint density at radius 1 is 1.12 bits per heavy atom. The van der Waals surface area contributed by atoms with Crippen LogP contribution >= 0.6 is 0 Å². The second-order valence-electron chi connectivity index (χ2n) is 4.87. The molecule has 0 amide bonds. The van der Waals surface area contributed by atoms with Gasteiger partial charge in [-0.25, -0.2) is 4.79 Å². The number of carbonyl (C=O) groups is 1. The summed E-state index contributed by atoms with van der Waals surface area (Å²) in [6.45, 7) is 11.7. The first kappa shape index (κ1) is 16.2. The summed E-state index contributed by atoms with van der Waals surface area (Å²) < 4.78 is 5.64. The maximum atomic E-state index is 11.6. The van der Waals surface area contributed by atoms with Crippen molar-refractivity contribution < 1.29 is 9.53 Å². The monoisotopic (exact) mass is 240 g/mol. The van der Waals surface area contributed by atoms with Gasteiger partial charge in [0.15, 0.2) is 0 Å². The number of rotatable bonds is 9.